The van der Waals surface area contributed by atoms with Crippen molar-refractivity contribution in [3.63, 3.8) is 0 Å². The third kappa shape index (κ3) is 2.92. The fourth-order valence-corrected chi connectivity index (χ4v) is 3.48. The fraction of sp³-hybridized carbons (Fsp3) is 0.556. The van der Waals surface area contributed by atoms with Crippen molar-refractivity contribution in [2.75, 3.05) is 20.2 Å². The SMILES string of the molecule is COc1cccc([C@H]2CCN2C(=O)[C@H]2CC(=O)N(C(C)C)C2)c1. The van der Waals surface area contributed by atoms with Crippen LogP contribution in [0.25, 0.3) is 0 Å². The first kappa shape index (κ1) is 15.8. The van der Waals surface area contributed by atoms with Crippen LogP contribution in [-0.4, -0.2) is 47.9 Å². The Morgan fingerprint density at radius 1 is 1.35 bits per heavy atom. The summed E-state index contributed by atoms with van der Waals surface area (Å²) in [6, 6.07) is 8.16. The van der Waals surface area contributed by atoms with Crippen molar-refractivity contribution in [2.24, 2.45) is 5.92 Å². The Labute approximate surface area is 137 Å². The molecule has 1 aromatic carbocycles. The summed E-state index contributed by atoms with van der Waals surface area (Å²) < 4.78 is 5.27. The van der Waals surface area contributed by atoms with Gasteiger partial charge in [-0.05, 0) is 38.0 Å². The Morgan fingerprint density at radius 3 is 2.70 bits per heavy atom. The lowest BCUT2D eigenvalue weighted by atomic mass is 9.92. The highest BCUT2D eigenvalue weighted by Gasteiger charge is 2.42. The third-order valence-electron chi connectivity index (χ3n) is 4.91. The molecule has 5 heteroatoms. The van der Waals surface area contributed by atoms with E-state index >= 15 is 0 Å². The van der Waals surface area contributed by atoms with Crippen LogP contribution in [0, 0.1) is 5.92 Å². The molecule has 1 aromatic rings. The molecule has 2 aliphatic rings. The van der Waals surface area contributed by atoms with Gasteiger partial charge in [-0.25, -0.2) is 0 Å². The van der Waals surface area contributed by atoms with Gasteiger partial charge in [-0.2, -0.15) is 0 Å². The highest BCUT2D eigenvalue weighted by Crippen LogP contribution is 2.37. The van der Waals surface area contributed by atoms with Crippen LogP contribution in [0.5, 0.6) is 5.75 Å². The number of carbonyl (C=O) groups is 2. The standard InChI is InChI=1S/C18H24N2O3/c1-12(2)20-11-14(10-17(20)21)18(22)19-8-7-16(19)13-5-4-6-15(9-13)23-3/h4-6,9,12,14,16H,7-8,10-11H2,1-3H3/t14-,16+/m0/s1. The summed E-state index contributed by atoms with van der Waals surface area (Å²) >= 11 is 0. The zero-order chi connectivity index (χ0) is 16.6. The molecule has 0 unspecified atom stereocenters. The lowest BCUT2D eigenvalue weighted by molar-refractivity contribution is -0.143. The number of carbonyl (C=O) groups excluding carboxylic acids is 2. The second kappa shape index (κ2) is 6.22. The molecule has 0 radical (unpaired) electrons. The third-order valence-corrected chi connectivity index (χ3v) is 4.91. The summed E-state index contributed by atoms with van der Waals surface area (Å²) in [5, 5.41) is 0. The minimum Gasteiger partial charge on any atom is -0.497 e. The second-order valence-corrected chi connectivity index (χ2v) is 6.65. The molecule has 0 bridgehead atoms. The number of likely N-dealkylation sites (tertiary alicyclic amines) is 2. The van der Waals surface area contributed by atoms with Crippen molar-refractivity contribution in [1.82, 2.24) is 9.80 Å². The van der Waals surface area contributed by atoms with E-state index in [0.717, 1.165) is 24.3 Å². The molecule has 3 rings (SSSR count). The summed E-state index contributed by atoms with van der Waals surface area (Å²) in [6.07, 6.45) is 1.31. The van der Waals surface area contributed by atoms with Crippen LogP contribution >= 0.6 is 0 Å². The lowest BCUT2D eigenvalue weighted by Gasteiger charge is -2.42. The van der Waals surface area contributed by atoms with Gasteiger partial charge in [0.15, 0.2) is 0 Å². The normalized spacial score (nSPS) is 24.1. The molecular formula is C18H24N2O3. The zero-order valence-corrected chi connectivity index (χ0v) is 14.0. The van der Waals surface area contributed by atoms with Crippen molar-refractivity contribution in [2.45, 2.75) is 38.8 Å². The Morgan fingerprint density at radius 2 is 2.13 bits per heavy atom. The van der Waals surface area contributed by atoms with E-state index < -0.39 is 0 Å². The van der Waals surface area contributed by atoms with Gasteiger partial charge in [-0.3, -0.25) is 9.59 Å². The smallest absolute Gasteiger partial charge is 0.228 e. The van der Waals surface area contributed by atoms with Crippen molar-refractivity contribution in [3.8, 4) is 5.75 Å². The predicted octanol–water partition coefficient (Wildman–Crippen LogP) is 2.23. The minimum atomic E-state index is -0.196. The first-order valence-corrected chi connectivity index (χ1v) is 8.25. The number of amides is 2. The van der Waals surface area contributed by atoms with E-state index in [2.05, 4.69) is 0 Å². The molecule has 0 aliphatic carbocycles. The van der Waals surface area contributed by atoms with E-state index in [9.17, 15) is 9.59 Å². The number of nitrogens with zero attached hydrogens (tertiary/aromatic N) is 2. The molecule has 2 amide bonds. The highest BCUT2D eigenvalue weighted by atomic mass is 16.5. The molecule has 2 heterocycles. The van der Waals surface area contributed by atoms with Crippen molar-refractivity contribution in [3.05, 3.63) is 29.8 Å². The molecule has 0 saturated carbocycles. The van der Waals surface area contributed by atoms with Crippen LogP contribution in [0.2, 0.25) is 0 Å². The van der Waals surface area contributed by atoms with Crippen LogP contribution in [0.1, 0.15) is 38.3 Å². The summed E-state index contributed by atoms with van der Waals surface area (Å²) in [4.78, 5) is 28.6. The molecule has 0 spiro atoms. The number of hydrogen-bond donors (Lipinski definition) is 0. The zero-order valence-electron chi connectivity index (χ0n) is 14.0. The second-order valence-electron chi connectivity index (χ2n) is 6.65. The monoisotopic (exact) mass is 316 g/mol. The number of rotatable bonds is 4. The van der Waals surface area contributed by atoms with Gasteiger partial charge in [0.05, 0.1) is 19.1 Å². The molecule has 23 heavy (non-hydrogen) atoms. The molecule has 5 nitrogen and oxygen atoms in total. The van der Waals surface area contributed by atoms with E-state index in [4.69, 9.17) is 4.74 Å². The summed E-state index contributed by atoms with van der Waals surface area (Å²) in [5.74, 6) is 0.819. The largest absolute Gasteiger partial charge is 0.497 e. The summed E-state index contributed by atoms with van der Waals surface area (Å²) in [7, 11) is 1.65. The van der Waals surface area contributed by atoms with Gasteiger partial charge in [-0.15, -0.1) is 0 Å². The Balaban J connectivity index is 1.70. The molecule has 0 N–H and O–H groups in total. The van der Waals surface area contributed by atoms with E-state index in [1.54, 1.807) is 7.11 Å². The quantitative estimate of drug-likeness (QED) is 0.856. The molecule has 2 fully saturated rings. The van der Waals surface area contributed by atoms with Gasteiger partial charge < -0.3 is 14.5 Å². The van der Waals surface area contributed by atoms with E-state index in [1.165, 1.54) is 0 Å². The Hall–Kier alpha value is -2.04. The van der Waals surface area contributed by atoms with Gasteiger partial charge in [-0.1, -0.05) is 12.1 Å². The number of hydrogen-bond acceptors (Lipinski definition) is 3. The van der Waals surface area contributed by atoms with Gasteiger partial charge in [0.1, 0.15) is 5.75 Å². The van der Waals surface area contributed by atoms with E-state index in [-0.39, 0.29) is 29.8 Å². The van der Waals surface area contributed by atoms with E-state index in [1.807, 2.05) is 47.9 Å². The van der Waals surface area contributed by atoms with Crippen molar-refractivity contribution >= 4 is 11.8 Å². The molecular weight excluding hydrogens is 292 g/mol. The van der Waals surface area contributed by atoms with Crippen molar-refractivity contribution < 1.29 is 14.3 Å². The lowest BCUT2D eigenvalue weighted by Crippen LogP contribution is -2.48. The van der Waals surface area contributed by atoms with Gasteiger partial charge in [0.2, 0.25) is 11.8 Å². The average Bonchev–Trinajstić information content (AvgIpc) is 2.88. The number of methoxy groups -OCH3 is 1. The first-order chi connectivity index (χ1) is 11.0. The van der Waals surface area contributed by atoms with Crippen LogP contribution in [0.15, 0.2) is 24.3 Å². The van der Waals surface area contributed by atoms with Crippen LogP contribution in [0.3, 0.4) is 0 Å². The number of ether oxygens (including phenoxy) is 1. The van der Waals surface area contributed by atoms with Gasteiger partial charge >= 0.3 is 0 Å². The number of benzene rings is 1. The van der Waals surface area contributed by atoms with Crippen LogP contribution in [-0.2, 0) is 9.59 Å². The average molecular weight is 316 g/mol. The summed E-state index contributed by atoms with van der Waals surface area (Å²) in [5.41, 5.74) is 1.11. The van der Waals surface area contributed by atoms with Crippen LogP contribution < -0.4 is 4.74 Å². The molecule has 0 aromatic heterocycles. The maximum atomic E-state index is 12.8. The van der Waals surface area contributed by atoms with Gasteiger partial charge in [0.25, 0.3) is 0 Å². The Kier molecular flexibility index (Phi) is 4.28. The molecule has 2 aliphatic heterocycles. The first-order valence-electron chi connectivity index (χ1n) is 8.25. The minimum absolute atomic E-state index is 0.0943. The highest BCUT2D eigenvalue weighted by molar-refractivity contribution is 5.90. The molecule has 124 valence electrons. The molecule has 2 atom stereocenters. The maximum absolute atomic E-state index is 12.8. The van der Waals surface area contributed by atoms with Crippen LogP contribution in [0.4, 0.5) is 0 Å². The van der Waals surface area contributed by atoms with Crippen molar-refractivity contribution in [1.29, 1.82) is 0 Å². The fourth-order valence-electron chi connectivity index (χ4n) is 3.48. The summed E-state index contributed by atoms with van der Waals surface area (Å²) in [6.45, 7) is 5.31. The predicted molar refractivity (Wildman–Crippen MR) is 87.0 cm³/mol. The van der Waals surface area contributed by atoms with E-state index in [0.29, 0.717) is 13.0 Å². The Bertz CT molecular complexity index is 614. The topological polar surface area (TPSA) is 49.9 Å². The maximum Gasteiger partial charge on any atom is 0.228 e. The van der Waals surface area contributed by atoms with Gasteiger partial charge in [0, 0.05) is 25.6 Å². The molecule has 2 saturated heterocycles.